The number of halogens is 1. The highest BCUT2D eigenvalue weighted by Crippen LogP contribution is 2.22. The van der Waals surface area contributed by atoms with E-state index in [1.165, 1.54) is 32.1 Å². The Kier molecular flexibility index (Phi) is 7.38. The minimum Gasteiger partial charge on any atom is -0.370 e. The van der Waals surface area contributed by atoms with Crippen molar-refractivity contribution in [2.75, 3.05) is 19.8 Å². The van der Waals surface area contributed by atoms with Gasteiger partial charge in [0, 0.05) is 19.0 Å². The molecule has 0 unspecified atom stereocenters. The quantitative estimate of drug-likeness (QED) is 0.443. The van der Waals surface area contributed by atoms with Crippen LogP contribution in [0.2, 0.25) is 0 Å². The Labute approximate surface area is 132 Å². The number of ether oxygens (including phenoxy) is 2. The largest absolute Gasteiger partial charge is 0.370 e. The zero-order chi connectivity index (χ0) is 12.8. The molecule has 0 bridgehead atoms. The van der Waals surface area contributed by atoms with Crippen molar-refractivity contribution < 1.29 is 9.47 Å². The third-order valence-electron chi connectivity index (χ3n) is 3.70. The van der Waals surface area contributed by atoms with Crippen LogP contribution in [0.25, 0.3) is 0 Å². The average molecular weight is 383 g/mol. The molecule has 0 aromatic carbocycles. The summed E-state index contributed by atoms with van der Waals surface area (Å²) < 4.78 is 11.0. The summed E-state index contributed by atoms with van der Waals surface area (Å²) in [5.74, 6) is 0.0951. The third-order valence-corrected chi connectivity index (χ3v) is 3.70. The van der Waals surface area contributed by atoms with Crippen LogP contribution >= 0.6 is 24.0 Å². The van der Waals surface area contributed by atoms with Crippen LogP contribution in [-0.2, 0) is 9.47 Å². The van der Waals surface area contributed by atoms with E-state index in [4.69, 9.17) is 15.2 Å². The van der Waals surface area contributed by atoms with Gasteiger partial charge in [-0.15, -0.1) is 24.0 Å². The van der Waals surface area contributed by atoms with E-state index in [0.29, 0.717) is 31.8 Å². The first-order chi connectivity index (χ1) is 8.68. The van der Waals surface area contributed by atoms with Gasteiger partial charge in [0.25, 0.3) is 0 Å². The van der Waals surface area contributed by atoms with Crippen molar-refractivity contribution >= 4 is 29.9 Å². The second-order valence-corrected chi connectivity index (χ2v) is 5.33. The molecule has 3 N–H and O–H groups in total. The maximum atomic E-state index is 5.89. The van der Waals surface area contributed by atoms with Crippen LogP contribution in [0.1, 0.15) is 45.4 Å². The van der Waals surface area contributed by atoms with Gasteiger partial charge in [0.1, 0.15) is 0 Å². The van der Waals surface area contributed by atoms with E-state index in [2.05, 4.69) is 10.3 Å². The number of nitrogens with two attached hydrogens (primary N) is 1. The second kappa shape index (κ2) is 8.26. The zero-order valence-corrected chi connectivity index (χ0v) is 14.0. The molecule has 0 radical (unpaired) electrons. The fourth-order valence-electron chi connectivity index (χ4n) is 2.58. The van der Waals surface area contributed by atoms with Gasteiger partial charge in [-0.1, -0.05) is 19.3 Å². The van der Waals surface area contributed by atoms with Crippen molar-refractivity contribution in [3.8, 4) is 0 Å². The summed E-state index contributed by atoms with van der Waals surface area (Å²) in [6, 6.07) is 0.511. The zero-order valence-electron chi connectivity index (χ0n) is 11.7. The lowest BCUT2D eigenvalue weighted by Crippen LogP contribution is -2.41. The molecule has 0 amide bonds. The van der Waals surface area contributed by atoms with E-state index in [1.807, 2.05) is 6.92 Å². The molecule has 2 fully saturated rings. The molecule has 2 rings (SSSR count). The van der Waals surface area contributed by atoms with Crippen LogP contribution in [0.4, 0.5) is 0 Å². The molecule has 1 aliphatic heterocycles. The molecule has 1 heterocycles. The molecule has 1 aliphatic carbocycles. The van der Waals surface area contributed by atoms with Gasteiger partial charge in [-0.2, -0.15) is 0 Å². The SMILES string of the molecule is CC1(CCN=C(N)NC2CCCCC2)OCCO1.I. The van der Waals surface area contributed by atoms with E-state index in [1.54, 1.807) is 0 Å². The normalized spacial score (nSPS) is 23.9. The van der Waals surface area contributed by atoms with Gasteiger partial charge < -0.3 is 20.5 Å². The summed E-state index contributed by atoms with van der Waals surface area (Å²) in [5.41, 5.74) is 5.89. The van der Waals surface area contributed by atoms with Crippen LogP contribution in [0, 0.1) is 0 Å². The van der Waals surface area contributed by atoms with Crippen molar-refractivity contribution in [2.24, 2.45) is 10.7 Å². The summed E-state index contributed by atoms with van der Waals surface area (Å²) in [5, 5.41) is 3.30. The number of hydrogen-bond acceptors (Lipinski definition) is 3. The first-order valence-electron chi connectivity index (χ1n) is 7.02. The lowest BCUT2D eigenvalue weighted by molar-refractivity contribution is -0.144. The monoisotopic (exact) mass is 383 g/mol. The van der Waals surface area contributed by atoms with Gasteiger partial charge >= 0.3 is 0 Å². The maximum Gasteiger partial charge on any atom is 0.188 e. The van der Waals surface area contributed by atoms with Crippen LogP contribution in [-0.4, -0.2) is 37.5 Å². The van der Waals surface area contributed by atoms with Crippen LogP contribution in [0.3, 0.4) is 0 Å². The molecule has 0 atom stereocenters. The summed E-state index contributed by atoms with van der Waals surface area (Å²) in [6.45, 7) is 3.95. The van der Waals surface area contributed by atoms with Crippen LogP contribution < -0.4 is 11.1 Å². The Bertz CT molecular complexity index is 288. The highest BCUT2D eigenvalue weighted by molar-refractivity contribution is 14.0. The molecule has 1 saturated carbocycles. The number of guanidine groups is 1. The molecule has 2 aliphatic rings. The maximum absolute atomic E-state index is 5.89. The molecular formula is C13H26IN3O2. The van der Waals surface area contributed by atoms with Crippen LogP contribution in [0.5, 0.6) is 0 Å². The summed E-state index contributed by atoms with van der Waals surface area (Å²) in [7, 11) is 0. The minimum atomic E-state index is -0.464. The molecule has 0 aromatic rings. The first-order valence-corrected chi connectivity index (χ1v) is 7.02. The van der Waals surface area contributed by atoms with E-state index in [0.717, 1.165) is 6.42 Å². The molecule has 6 heteroatoms. The van der Waals surface area contributed by atoms with Gasteiger partial charge in [0.05, 0.1) is 13.2 Å². The summed E-state index contributed by atoms with van der Waals surface area (Å²) in [6.07, 6.45) is 7.11. The Morgan fingerprint density at radius 1 is 1.26 bits per heavy atom. The number of nitrogens with zero attached hydrogens (tertiary/aromatic N) is 1. The van der Waals surface area contributed by atoms with Crippen molar-refractivity contribution in [3.63, 3.8) is 0 Å². The highest BCUT2D eigenvalue weighted by Gasteiger charge is 2.30. The molecule has 19 heavy (non-hydrogen) atoms. The second-order valence-electron chi connectivity index (χ2n) is 5.33. The fraction of sp³-hybridized carbons (Fsp3) is 0.923. The van der Waals surface area contributed by atoms with Crippen molar-refractivity contribution in [1.29, 1.82) is 0 Å². The van der Waals surface area contributed by atoms with Gasteiger partial charge in [-0.25, -0.2) is 0 Å². The predicted octanol–water partition coefficient (Wildman–Crippen LogP) is 1.99. The smallest absolute Gasteiger partial charge is 0.188 e. The Morgan fingerprint density at radius 2 is 1.89 bits per heavy atom. The number of hydrogen-bond donors (Lipinski definition) is 2. The number of rotatable bonds is 4. The van der Waals surface area contributed by atoms with E-state index >= 15 is 0 Å². The first kappa shape index (κ1) is 17.0. The van der Waals surface area contributed by atoms with Crippen LogP contribution in [0.15, 0.2) is 4.99 Å². The van der Waals surface area contributed by atoms with Gasteiger partial charge in [-0.05, 0) is 19.8 Å². The average Bonchev–Trinajstić information content (AvgIpc) is 2.77. The molecule has 1 saturated heterocycles. The highest BCUT2D eigenvalue weighted by atomic mass is 127. The molecular weight excluding hydrogens is 357 g/mol. The van der Waals surface area contributed by atoms with Crippen molar-refractivity contribution in [3.05, 3.63) is 0 Å². The standard InChI is InChI=1S/C13H25N3O2.HI/c1-13(17-9-10-18-13)7-8-15-12(14)16-11-5-3-2-4-6-11;/h11H,2-10H2,1H3,(H3,14,15,16);1H. The summed E-state index contributed by atoms with van der Waals surface area (Å²) >= 11 is 0. The lowest BCUT2D eigenvalue weighted by atomic mass is 9.96. The van der Waals surface area contributed by atoms with E-state index in [-0.39, 0.29) is 24.0 Å². The predicted molar refractivity (Wildman–Crippen MR) is 86.8 cm³/mol. The third kappa shape index (κ3) is 5.83. The molecule has 112 valence electrons. The van der Waals surface area contributed by atoms with E-state index < -0.39 is 5.79 Å². The van der Waals surface area contributed by atoms with Crippen molar-refractivity contribution in [2.45, 2.75) is 57.3 Å². The minimum absolute atomic E-state index is 0. The Balaban J connectivity index is 0.00000180. The molecule has 5 nitrogen and oxygen atoms in total. The fourth-order valence-corrected chi connectivity index (χ4v) is 2.58. The number of nitrogens with one attached hydrogen (secondary N) is 1. The topological polar surface area (TPSA) is 68.9 Å². The number of aliphatic imine (C=N–C) groups is 1. The van der Waals surface area contributed by atoms with E-state index in [9.17, 15) is 0 Å². The Morgan fingerprint density at radius 3 is 2.53 bits per heavy atom. The molecule has 0 spiro atoms. The summed E-state index contributed by atoms with van der Waals surface area (Å²) in [4.78, 5) is 4.35. The lowest BCUT2D eigenvalue weighted by Gasteiger charge is -2.24. The van der Waals surface area contributed by atoms with Gasteiger partial charge in [0.2, 0.25) is 0 Å². The molecule has 0 aromatic heterocycles. The van der Waals surface area contributed by atoms with Gasteiger partial charge in [0.15, 0.2) is 11.7 Å². The van der Waals surface area contributed by atoms with Gasteiger partial charge in [-0.3, -0.25) is 4.99 Å². The Hall–Kier alpha value is -0.0800. The van der Waals surface area contributed by atoms with Crippen molar-refractivity contribution in [1.82, 2.24) is 5.32 Å².